The number of rotatable bonds is 15. The number of Topliss-reactive ketones (excluding diaryl/α,β-unsaturated/α-hetero) is 1. The molecule has 2 atom stereocenters. The van der Waals surface area contributed by atoms with Gasteiger partial charge in [0.2, 0.25) is 0 Å². The van der Waals surface area contributed by atoms with E-state index < -0.39 is 27.7 Å². The Morgan fingerprint density at radius 2 is 1.68 bits per heavy atom. The minimum absolute atomic E-state index is 0.0723. The largest absolute Gasteiger partial charge is 0.361 e. The molecule has 1 unspecified atom stereocenters. The number of urea groups is 1. The van der Waals surface area contributed by atoms with E-state index in [1.165, 1.54) is 12.1 Å². The van der Waals surface area contributed by atoms with Crippen LogP contribution in [0.4, 0.5) is 14.9 Å². The average Bonchev–Trinajstić information content (AvgIpc) is 3.44. The highest BCUT2D eigenvalue weighted by Crippen LogP contribution is 2.26. The quantitative estimate of drug-likeness (QED) is 0.118. The number of ketones is 1. The molecule has 0 aliphatic heterocycles. The summed E-state index contributed by atoms with van der Waals surface area (Å²) in [6, 6.07) is 17.0. The lowest BCUT2D eigenvalue weighted by Crippen LogP contribution is -2.44. The number of anilines is 1. The third kappa shape index (κ3) is 9.76. The summed E-state index contributed by atoms with van der Waals surface area (Å²) in [6.45, 7) is 10.4. The predicted molar refractivity (Wildman–Crippen MR) is 188 cm³/mol. The molecular weight excluding hydrogens is 614 g/mol. The van der Waals surface area contributed by atoms with E-state index in [0.717, 1.165) is 60.2 Å². The number of hydrogen-bond acceptors (Lipinski definition) is 4. The van der Waals surface area contributed by atoms with E-state index in [4.69, 9.17) is 0 Å². The Morgan fingerprint density at radius 1 is 0.957 bits per heavy atom. The van der Waals surface area contributed by atoms with Crippen LogP contribution < -0.4 is 10.6 Å². The molecule has 3 N–H and O–H groups in total. The molecule has 0 aliphatic carbocycles. The van der Waals surface area contributed by atoms with E-state index in [1.807, 2.05) is 51.2 Å². The summed E-state index contributed by atoms with van der Waals surface area (Å²) in [5, 5.41) is 6.29. The highest BCUT2D eigenvalue weighted by molar-refractivity contribution is 7.90. The molecule has 0 fully saturated rings. The third-order valence-corrected chi connectivity index (χ3v) is 10.6. The van der Waals surface area contributed by atoms with E-state index in [1.54, 1.807) is 24.3 Å². The minimum Gasteiger partial charge on any atom is -0.361 e. The second-order valence-electron chi connectivity index (χ2n) is 13.5. The molecule has 0 aliphatic rings. The molecule has 3 aromatic carbocycles. The average molecular weight is 662 g/mol. The van der Waals surface area contributed by atoms with Gasteiger partial charge in [-0.15, -0.1) is 0 Å². The third-order valence-electron chi connectivity index (χ3n) is 8.85. The molecule has 252 valence electrons. The van der Waals surface area contributed by atoms with Crippen molar-refractivity contribution in [1.82, 2.24) is 10.3 Å². The summed E-state index contributed by atoms with van der Waals surface area (Å²) in [7, 11) is -3.72. The maximum atomic E-state index is 15.2. The number of fused-ring (bicyclic) bond motifs is 1. The number of amides is 2. The maximum Gasteiger partial charge on any atom is 0.319 e. The normalized spacial score (nSPS) is 13.3. The second-order valence-corrected chi connectivity index (χ2v) is 15.5. The topological polar surface area (TPSA) is 108 Å². The molecule has 1 aromatic heterocycles. The van der Waals surface area contributed by atoms with Crippen molar-refractivity contribution in [2.45, 2.75) is 102 Å². The molecule has 47 heavy (non-hydrogen) atoms. The number of halogens is 1. The molecule has 0 radical (unpaired) electrons. The Kier molecular flexibility index (Phi) is 12.0. The van der Waals surface area contributed by atoms with Gasteiger partial charge in [0.1, 0.15) is 5.82 Å². The molecule has 4 aromatic rings. The van der Waals surface area contributed by atoms with Gasteiger partial charge >= 0.3 is 6.03 Å². The van der Waals surface area contributed by atoms with Crippen LogP contribution in [-0.4, -0.2) is 31.3 Å². The van der Waals surface area contributed by atoms with Crippen LogP contribution in [-0.2, 0) is 32.2 Å². The Labute approximate surface area is 278 Å². The van der Waals surface area contributed by atoms with Gasteiger partial charge in [-0.2, -0.15) is 0 Å². The van der Waals surface area contributed by atoms with Crippen molar-refractivity contribution in [3.8, 4) is 0 Å². The van der Waals surface area contributed by atoms with Gasteiger partial charge in [-0.05, 0) is 64.8 Å². The summed E-state index contributed by atoms with van der Waals surface area (Å²) in [5.41, 5.74) is 2.89. The predicted octanol–water partition coefficient (Wildman–Crippen LogP) is 8.88. The fraction of sp³-hybridized carbons (Fsp3) is 0.421. The maximum absolute atomic E-state index is 15.2. The number of benzene rings is 3. The van der Waals surface area contributed by atoms with Crippen molar-refractivity contribution in [2.75, 3.05) is 5.32 Å². The van der Waals surface area contributed by atoms with Crippen LogP contribution >= 0.6 is 0 Å². The highest BCUT2D eigenvalue weighted by atomic mass is 32.2. The van der Waals surface area contributed by atoms with E-state index in [9.17, 15) is 18.0 Å². The molecule has 9 heteroatoms. The van der Waals surface area contributed by atoms with E-state index >= 15 is 4.39 Å². The Morgan fingerprint density at radius 3 is 2.34 bits per heavy atom. The van der Waals surface area contributed by atoms with Gasteiger partial charge < -0.3 is 15.6 Å². The fourth-order valence-electron chi connectivity index (χ4n) is 5.86. The first-order valence-corrected chi connectivity index (χ1v) is 18.2. The highest BCUT2D eigenvalue weighted by Gasteiger charge is 2.24. The van der Waals surface area contributed by atoms with E-state index in [0.29, 0.717) is 12.3 Å². The van der Waals surface area contributed by atoms with Crippen LogP contribution in [0.3, 0.4) is 0 Å². The zero-order chi connectivity index (χ0) is 34.2. The summed E-state index contributed by atoms with van der Waals surface area (Å²) in [5.74, 6) is -0.779. The van der Waals surface area contributed by atoms with E-state index in [-0.39, 0.29) is 39.5 Å². The van der Waals surface area contributed by atoms with Gasteiger partial charge in [-0.25, -0.2) is 17.6 Å². The zero-order valence-electron chi connectivity index (χ0n) is 28.2. The number of hydrogen-bond donors (Lipinski definition) is 3. The Bertz CT molecular complexity index is 1770. The van der Waals surface area contributed by atoms with Gasteiger partial charge in [-0.1, -0.05) is 96.7 Å². The minimum atomic E-state index is -3.72. The van der Waals surface area contributed by atoms with Crippen molar-refractivity contribution in [1.29, 1.82) is 0 Å². The first kappa shape index (κ1) is 35.9. The van der Waals surface area contributed by atoms with Gasteiger partial charge in [0.15, 0.2) is 15.6 Å². The van der Waals surface area contributed by atoms with Crippen molar-refractivity contribution in [2.24, 2.45) is 5.92 Å². The number of sulfone groups is 1. The van der Waals surface area contributed by atoms with Crippen molar-refractivity contribution < 1.29 is 22.4 Å². The molecule has 1 heterocycles. The van der Waals surface area contributed by atoms with Gasteiger partial charge in [-0.3, -0.25) is 4.79 Å². The second kappa shape index (κ2) is 15.7. The number of aromatic amines is 1. The van der Waals surface area contributed by atoms with Crippen LogP contribution in [0, 0.1) is 11.7 Å². The zero-order valence-corrected chi connectivity index (χ0v) is 29.0. The van der Waals surface area contributed by atoms with Crippen LogP contribution in [0.15, 0.2) is 77.8 Å². The number of unbranched alkanes of at least 4 members (excludes halogenated alkanes) is 1. The molecule has 2 amide bonds. The number of carbonyl (C=O) groups excluding carboxylic acids is 2. The number of para-hydroxylation sites is 1. The molecule has 7 nitrogen and oxygen atoms in total. The van der Waals surface area contributed by atoms with Gasteiger partial charge in [0, 0.05) is 29.9 Å². The SMILES string of the molecule is CCCCC(CC)CCC(=O)[C@@H](Cc1c[nH]c2ccccc12)NC(=O)Nc1ccc(CS(=O)(=O)c2ccc(C(C)(C)C)cc2)cc1F. The number of nitrogens with one attached hydrogen (secondary N) is 3. The number of carbonyl (C=O) groups is 2. The van der Waals surface area contributed by atoms with Crippen LogP contribution in [0.2, 0.25) is 0 Å². The molecule has 0 spiro atoms. The smallest absolute Gasteiger partial charge is 0.319 e. The monoisotopic (exact) mass is 661 g/mol. The Balaban J connectivity index is 1.45. The summed E-state index contributed by atoms with van der Waals surface area (Å²) in [6.07, 6.45) is 7.52. The summed E-state index contributed by atoms with van der Waals surface area (Å²) in [4.78, 5) is 30.1. The van der Waals surface area contributed by atoms with E-state index in [2.05, 4.69) is 29.5 Å². The van der Waals surface area contributed by atoms with Gasteiger partial charge in [0.25, 0.3) is 0 Å². The first-order valence-electron chi connectivity index (χ1n) is 16.6. The standard InChI is InChI=1S/C38H48FN3O4S/c1-6-8-11-26(7-2)15-21-36(43)35(23-28-24-40-33-13-10-9-12-31(28)33)42-37(44)41-34-20-14-27(22-32(34)39)25-47(45,46)30-18-16-29(17-19-30)38(3,4)5/h9-10,12-14,16-20,22,24,26,35,40H,6-8,11,15,21,23,25H2,1-5H3,(H2,41,42,44)/t26?,35-/m1/s1. The lowest BCUT2D eigenvalue weighted by Gasteiger charge is -2.20. The Hall–Kier alpha value is -3.98. The number of aromatic nitrogens is 1. The fourth-order valence-corrected chi connectivity index (χ4v) is 7.20. The van der Waals surface area contributed by atoms with Crippen LogP contribution in [0.1, 0.15) is 89.8 Å². The van der Waals surface area contributed by atoms with Crippen molar-refractivity contribution in [3.63, 3.8) is 0 Å². The number of H-pyrrole nitrogens is 1. The molecule has 0 bridgehead atoms. The molecule has 4 rings (SSSR count). The van der Waals surface area contributed by atoms with Crippen molar-refractivity contribution in [3.05, 3.63) is 95.4 Å². The van der Waals surface area contributed by atoms with Crippen LogP contribution in [0.5, 0.6) is 0 Å². The van der Waals surface area contributed by atoms with Crippen LogP contribution in [0.25, 0.3) is 10.9 Å². The van der Waals surface area contributed by atoms with Gasteiger partial charge in [0.05, 0.1) is 22.4 Å². The summed E-state index contributed by atoms with van der Waals surface area (Å²) >= 11 is 0. The molecular formula is C38H48FN3O4S. The summed E-state index contributed by atoms with van der Waals surface area (Å²) < 4.78 is 41.3. The first-order chi connectivity index (χ1) is 22.3. The lowest BCUT2D eigenvalue weighted by atomic mass is 9.87. The lowest BCUT2D eigenvalue weighted by molar-refractivity contribution is -0.121. The molecule has 0 saturated carbocycles. The molecule has 0 saturated heterocycles. The van der Waals surface area contributed by atoms with Crippen molar-refractivity contribution >= 4 is 38.2 Å².